The van der Waals surface area contributed by atoms with Gasteiger partial charge < -0.3 is 15.7 Å². The molecular formula is C17H35N3O3. The van der Waals surface area contributed by atoms with Crippen molar-refractivity contribution in [2.75, 3.05) is 26.7 Å². The number of nitrogens with zero attached hydrogens (tertiary/aromatic N) is 2. The maximum Gasteiger partial charge on any atom is 0.320 e. The molecule has 0 aliphatic heterocycles. The Hall–Kier alpha value is -1.14. The molecule has 0 radical (unpaired) electrons. The minimum absolute atomic E-state index is 0.0313. The molecule has 1 atom stereocenters. The highest BCUT2D eigenvalue weighted by Gasteiger charge is 2.21. The summed E-state index contributed by atoms with van der Waals surface area (Å²) in [6, 6.07) is -0.809. The Morgan fingerprint density at radius 1 is 1.09 bits per heavy atom. The van der Waals surface area contributed by atoms with Gasteiger partial charge >= 0.3 is 5.97 Å². The predicted octanol–water partition coefficient (Wildman–Crippen LogP) is 1.78. The number of rotatable bonds is 10. The molecule has 0 spiro atoms. The third-order valence-corrected chi connectivity index (χ3v) is 4.17. The highest BCUT2D eigenvalue weighted by atomic mass is 16.4. The third-order valence-electron chi connectivity index (χ3n) is 4.17. The summed E-state index contributed by atoms with van der Waals surface area (Å²) in [4.78, 5) is 27.1. The number of likely N-dealkylation sites (N-methyl/N-ethyl adjacent to an activating group) is 1. The zero-order chi connectivity index (χ0) is 18.2. The van der Waals surface area contributed by atoms with Gasteiger partial charge in [0.05, 0.1) is 0 Å². The standard InChI is InChI=1S/C17H35N3O3/c1-13(2)15(21)20(12-11-19(6)17(3,4)5)10-8-7-9-14(18)16(22)23/h13-14H,7-12,18H2,1-6H3,(H,22,23)/t14-/m0/s1. The lowest BCUT2D eigenvalue weighted by molar-refractivity contribution is -0.139. The number of carboxylic acids is 1. The van der Waals surface area contributed by atoms with Crippen LogP contribution in [0.4, 0.5) is 0 Å². The Labute approximate surface area is 141 Å². The molecule has 6 heteroatoms. The summed E-state index contributed by atoms with van der Waals surface area (Å²) in [7, 11) is 2.06. The molecular weight excluding hydrogens is 294 g/mol. The topological polar surface area (TPSA) is 86.9 Å². The maximum atomic E-state index is 12.3. The molecule has 23 heavy (non-hydrogen) atoms. The van der Waals surface area contributed by atoms with E-state index < -0.39 is 12.0 Å². The van der Waals surface area contributed by atoms with Gasteiger partial charge in [-0.2, -0.15) is 0 Å². The van der Waals surface area contributed by atoms with Gasteiger partial charge in [0.2, 0.25) is 5.91 Å². The SMILES string of the molecule is CC(C)C(=O)N(CCCC[C@H](N)C(=O)O)CCN(C)C(C)(C)C. The molecule has 3 N–H and O–H groups in total. The number of carbonyl (C=O) groups is 2. The van der Waals surface area contributed by atoms with Gasteiger partial charge in [-0.25, -0.2) is 0 Å². The first-order valence-electron chi connectivity index (χ1n) is 8.45. The first-order valence-corrected chi connectivity index (χ1v) is 8.45. The number of carboxylic acid groups (broad SMARTS) is 1. The van der Waals surface area contributed by atoms with Crippen LogP contribution in [0.3, 0.4) is 0 Å². The van der Waals surface area contributed by atoms with Crippen LogP contribution in [0.15, 0.2) is 0 Å². The van der Waals surface area contributed by atoms with Crippen molar-refractivity contribution in [3.05, 3.63) is 0 Å². The van der Waals surface area contributed by atoms with Crippen molar-refractivity contribution in [1.82, 2.24) is 9.80 Å². The van der Waals surface area contributed by atoms with Crippen LogP contribution in [0, 0.1) is 5.92 Å². The average Bonchev–Trinajstić information content (AvgIpc) is 2.43. The molecule has 0 rings (SSSR count). The fourth-order valence-electron chi connectivity index (χ4n) is 2.09. The molecule has 0 bridgehead atoms. The largest absolute Gasteiger partial charge is 0.480 e. The Morgan fingerprint density at radius 2 is 1.65 bits per heavy atom. The van der Waals surface area contributed by atoms with Crippen LogP contribution in [0.1, 0.15) is 53.9 Å². The van der Waals surface area contributed by atoms with Gasteiger partial charge in [0.15, 0.2) is 0 Å². The van der Waals surface area contributed by atoms with Crippen LogP contribution in [-0.2, 0) is 9.59 Å². The van der Waals surface area contributed by atoms with Gasteiger partial charge in [0.1, 0.15) is 6.04 Å². The molecule has 0 saturated carbocycles. The summed E-state index contributed by atoms with van der Waals surface area (Å²) in [6.45, 7) is 12.4. The fourth-order valence-corrected chi connectivity index (χ4v) is 2.09. The molecule has 0 fully saturated rings. The number of nitrogens with two attached hydrogens (primary N) is 1. The van der Waals surface area contributed by atoms with E-state index >= 15 is 0 Å². The van der Waals surface area contributed by atoms with Crippen molar-refractivity contribution in [1.29, 1.82) is 0 Å². The number of unbranched alkanes of at least 4 members (excludes halogenated alkanes) is 1. The summed E-state index contributed by atoms with van der Waals surface area (Å²) < 4.78 is 0. The quantitative estimate of drug-likeness (QED) is 0.597. The molecule has 0 heterocycles. The summed E-state index contributed by atoms with van der Waals surface area (Å²) in [6.07, 6.45) is 1.93. The van der Waals surface area contributed by atoms with Crippen LogP contribution in [0.2, 0.25) is 0 Å². The van der Waals surface area contributed by atoms with Gasteiger partial charge in [-0.15, -0.1) is 0 Å². The third kappa shape index (κ3) is 8.91. The number of amides is 1. The van der Waals surface area contributed by atoms with Gasteiger partial charge in [0.25, 0.3) is 0 Å². The van der Waals surface area contributed by atoms with Crippen LogP contribution >= 0.6 is 0 Å². The highest BCUT2D eigenvalue weighted by Crippen LogP contribution is 2.11. The van der Waals surface area contributed by atoms with Crippen molar-refractivity contribution in [3.63, 3.8) is 0 Å². The van der Waals surface area contributed by atoms with Crippen LogP contribution in [-0.4, -0.2) is 65.0 Å². The Kier molecular flexibility index (Phi) is 9.39. The van der Waals surface area contributed by atoms with Crippen molar-refractivity contribution < 1.29 is 14.7 Å². The molecule has 0 aromatic heterocycles. The molecule has 0 unspecified atom stereocenters. The van der Waals surface area contributed by atoms with E-state index in [4.69, 9.17) is 10.8 Å². The van der Waals surface area contributed by atoms with E-state index in [9.17, 15) is 9.59 Å². The van der Waals surface area contributed by atoms with E-state index in [1.54, 1.807) is 0 Å². The Morgan fingerprint density at radius 3 is 2.09 bits per heavy atom. The van der Waals surface area contributed by atoms with Gasteiger partial charge in [-0.3, -0.25) is 14.5 Å². The van der Waals surface area contributed by atoms with Gasteiger partial charge in [-0.1, -0.05) is 13.8 Å². The molecule has 136 valence electrons. The van der Waals surface area contributed by atoms with E-state index in [-0.39, 0.29) is 17.4 Å². The first kappa shape index (κ1) is 21.9. The van der Waals surface area contributed by atoms with E-state index in [1.165, 1.54) is 0 Å². The molecule has 0 aliphatic rings. The summed E-state index contributed by atoms with van der Waals surface area (Å²) in [5, 5.41) is 8.78. The van der Waals surface area contributed by atoms with E-state index in [0.717, 1.165) is 13.0 Å². The van der Waals surface area contributed by atoms with Crippen molar-refractivity contribution >= 4 is 11.9 Å². The number of carbonyl (C=O) groups excluding carboxylic acids is 1. The van der Waals surface area contributed by atoms with Crippen molar-refractivity contribution in [2.24, 2.45) is 11.7 Å². The lowest BCUT2D eigenvalue weighted by Gasteiger charge is -2.34. The zero-order valence-electron chi connectivity index (χ0n) is 15.6. The summed E-state index contributed by atoms with van der Waals surface area (Å²) in [5.74, 6) is -0.849. The predicted molar refractivity (Wildman–Crippen MR) is 93.3 cm³/mol. The fraction of sp³-hybridized carbons (Fsp3) is 0.882. The Balaban J connectivity index is 4.42. The first-order chi connectivity index (χ1) is 10.5. The second-order valence-corrected chi connectivity index (χ2v) is 7.51. The van der Waals surface area contributed by atoms with Gasteiger partial charge in [-0.05, 0) is 47.1 Å². The molecule has 0 aliphatic carbocycles. The van der Waals surface area contributed by atoms with Crippen LogP contribution in [0.25, 0.3) is 0 Å². The second kappa shape index (κ2) is 9.88. The summed E-state index contributed by atoms with van der Waals surface area (Å²) >= 11 is 0. The minimum Gasteiger partial charge on any atom is -0.480 e. The highest BCUT2D eigenvalue weighted by molar-refractivity contribution is 5.78. The van der Waals surface area contributed by atoms with Crippen LogP contribution < -0.4 is 5.73 Å². The van der Waals surface area contributed by atoms with Gasteiger partial charge in [0, 0.05) is 31.1 Å². The van der Waals surface area contributed by atoms with E-state index in [0.29, 0.717) is 25.9 Å². The normalized spacial score (nSPS) is 13.4. The smallest absolute Gasteiger partial charge is 0.320 e. The lowest BCUT2D eigenvalue weighted by Crippen LogP contribution is -2.45. The molecule has 6 nitrogen and oxygen atoms in total. The lowest BCUT2D eigenvalue weighted by atomic mass is 10.1. The summed E-state index contributed by atoms with van der Waals surface area (Å²) in [5.41, 5.74) is 5.57. The number of aliphatic carboxylic acids is 1. The van der Waals surface area contributed by atoms with E-state index in [1.807, 2.05) is 18.7 Å². The molecule has 1 amide bonds. The van der Waals surface area contributed by atoms with Crippen molar-refractivity contribution in [2.45, 2.75) is 65.5 Å². The molecule has 0 aromatic carbocycles. The average molecular weight is 329 g/mol. The second-order valence-electron chi connectivity index (χ2n) is 7.51. The molecule has 0 saturated heterocycles. The Bertz CT molecular complexity index is 378. The monoisotopic (exact) mass is 329 g/mol. The minimum atomic E-state index is -0.966. The number of hydrogen-bond donors (Lipinski definition) is 2. The maximum absolute atomic E-state index is 12.3. The molecule has 0 aromatic rings. The van der Waals surface area contributed by atoms with Crippen LogP contribution in [0.5, 0.6) is 0 Å². The zero-order valence-corrected chi connectivity index (χ0v) is 15.6. The van der Waals surface area contributed by atoms with E-state index in [2.05, 4.69) is 32.7 Å². The number of hydrogen-bond acceptors (Lipinski definition) is 4. The van der Waals surface area contributed by atoms with Crippen molar-refractivity contribution in [3.8, 4) is 0 Å².